The molecule has 0 saturated carbocycles. The van der Waals surface area contributed by atoms with Gasteiger partial charge in [-0.15, -0.1) is 0 Å². The van der Waals surface area contributed by atoms with Crippen LogP contribution in [-0.2, 0) is 0 Å². The number of hydrazone groups is 1. The molecule has 1 heterocycles. The highest BCUT2D eigenvalue weighted by Gasteiger charge is 2.10. The maximum absolute atomic E-state index is 11.8. The third kappa shape index (κ3) is 3.31. The van der Waals surface area contributed by atoms with Crippen LogP contribution in [0.5, 0.6) is 0 Å². The van der Waals surface area contributed by atoms with E-state index in [1.165, 1.54) is 6.26 Å². The number of aryl methyl sites for hydroxylation is 1. The third-order valence-electron chi connectivity index (χ3n) is 2.89. The lowest BCUT2D eigenvalue weighted by Crippen LogP contribution is -2.18. The van der Waals surface area contributed by atoms with Crippen molar-refractivity contribution in [3.63, 3.8) is 0 Å². The van der Waals surface area contributed by atoms with E-state index in [4.69, 9.17) is 4.42 Å². The Morgan fingerprint density at radius 2 is 2.05 bits per heavy atom. The highest BCUT2D eigenvalue weighted by atomic mass is 16.3. The van der Waals surface area contributed by atoms with E-state index in [-0.39, 0.29) is 11.8 Å². The number of nitrogens with zero attached hydrogens (tertiary/aromatic N) is 1. The van der Waals surface area contributed by atoms with Crippen LogP contribution in [0, 0.1) is 6.92 Å². The Kier molecular flexibility index (Phi) is 4.13. The molecule has 19 heavy (non-hydrogen) atoms. The van der Waals surface area contributed by atoms with Gasteiger partial charge in [-0.05, 0) is 18.6 Å². The average Bonchev–Trinajstić information content (AvgIpc) is 2.86. The topological polar surface area (TPSA) is 54.6 Å². The minimum absolute atomic E-state index is 0.145. The molecule has 0 bridgehead atoms. The molecular formula is C15H16N2O2. The second-order valence-corrected chi connectivity index (χ2v) is 4.31. The van der Waals surface area contributed by atoms with E-state index in [0.29, 0.717) is 11.3 Å². The van der Waals surface area contributed by atoms with E-state index in [9.17, 15) is 4.79 Å². The zero-order chi connectivity index (χ0) is 13.7. The Morgan fingerprint density at radius 1 is 1.32 bits per heavy atom. The SMILES string of the molecule is Cc1occc1C(=O)N/N=C\[C@H](C)c1ccccc1. The summed E-state index contributed by atoms with van der Waals surface area (Å²) in [4.78, 5) is 11.8. The molecule has 0 aliphatic rings. The van der Waals surface area contributed by atoms with Crippen LogP contribution in [0.3, 0.4) is 0 Å². The Bertz CT molecular complexity index is 573. The number of benzene rings is 1. The van der Waals surface area contributed by atoms with Crippen LogP contribution in [0.2, 0.25) is 0 Å². The van der Waals surface area contributed by atoms with Crippen LogP contribution in [0.1, 0.15) is 34.5 Å². The number of carbonyl (C=O) groups excluding carboxylic acids is 1. The van der Waals surface area contributed by atoms with Gasteiger partial charge >= 0.3 is 0 Å². The molecule has 4 heteroatoms. The Labute approximate surface area is 112 Å². The van der Waals surface area contributed by atoms with Crippen molar-refractivity contribution < 1.29 is 9.21 Å². The number of nitrogens with one attached hydrogen (secondary N) is 1. The van der Waals surface area contributed by atoms with E-state index in [1.54, 1.807) is 19.2 Å². The summed E-state index contributed by atoms with van der Waals surface area (Å²) in [6, 6.07) is 11.6. The van der Waals surface area contributed by atoms with Gasteiger partial charge < -0.3 is 4.42 Å². The lowest BCUT2D eigenvalue weighted by atomic mass is 10.0. The van der Waals surface area contributed by atoms with Gasteiger partial charge in [0, 0.05) is 12.1 Å². The lowest BCUT2D eigenvalue weighted by molar-refractivity contribution is 0.0953. The van der Waals surface area contributed by atoms with E-state index >= 15 is 0 Å². The predicted molar refractivity (Wildman–Crippen MR) is 74.3 cm³/mol. The maximum atomic E-state index is 11.8. The van der Waals surface area contributed by atoms with Gasteiger partial charge in [-0.25, -0.2) is 5.43 Å². The van der Waals surface area contributed by atoms with E-state index < -0.39 is 0 Å². The van der Waals surface area contributed by atoms with Crippen molar-refractivity contribution in [3.8, 4) is 0 Å². The van der Waals surface area contributed by atoms with E-state index in [2.05, 4.69) is 10.5 Å². The molecule has 0 radical (unpaired) electrons. The predicted octanol–water partition coefficient (Wildman–Crippen LogP) is 3.11. The molecule has 4 nitrogen and oxygen atoms in total. The summed E-state index contributed by atoms with van der Waals surface area (Å²) >= 11 is 0. The molecule has 0 aliphatic heterocycles. The van der Waals surface area contributed by atoms with Crippen LogP contribution in [0.4, 0.5) is 0 Å². The second-order valence-electron chi connectivity index (χ2n) is 4.31. The Balaban J connectivity index is 1.94. The molecule has 1 N–H and O–H groups in total. The summed E-state index contributed by atoms with van der Waals surface area (Å²) in [7, 11) is 0. The number of rotatable bonds is 4. The van der Waals surface area contributed by atoms with Crippen molar-refractivity contribution in [3.05, 3.63) is 59.5 Å². The number of hydrogen-bond acceptors (Lipinski definition) is 3. The number of amides is 1. The highest BCUT2D eigenvalue weighted by Crippen LogP contribution is 2.12. The fourth-order valence-electron chi connectivity index (χ4n) is 1.73. The van der Waals surface area contributed by atoms with E-state index in [1.807, 2.05) is 37.3 Å². The van der Waals surface area contributed by atoms with Crippen molar-refractivity contribution in [2.24, 2.45) is 5.10 Å². The van der Waals surface area contributed by atoms with Gasteiger partial charge in [0.05, 0.1) is 11.8 Å². The van der Waals surface area contributed by atoms with Crippen LogP contribution in [0.25, 0.3) is 0 Å². The molecule has 0 fully saturated rings. The van der Waals surface area contributed by atoms with Crippen LogP contribution in [0.15, 0.2) is 52.2 Å². The summed E-state index contributed by atoms with van der Waals surface area (Å²) in [5.41, 5.74) is 4.15. The molecule has 2 rings (SSSR count). The lowest BCUT2D eigenvalue weighted by Gasteiger charge is -2.05. The summed E-state index contributed by atoms with van der Waals surface area (Å²) in [6.07, 6.45) is 3.20. The van der Waals surface area contributed by atoms with Crippen molar-refractivity contribution >= 4 is 12.1 Å². The van der Waals surface area contributed by atoms with Crippen molar-refractivity contribution in [2.45, 2.75) is 19.8 Å². The Morgan fingerprint density at radius 3 is 2.68 bits per heavy atom. The molecule has 0 unspecified atom stereocenters. The molecule has 1 amide bonds. The first-order valence-electron chi connectivity index (χ1n) is 6.11. The fraction of sp³-hybridized carbons (Fsp3) is 0.200. The molecule has 98 valence electrons. The van der Waals surface area contributed by atoms with Gasteiger partial charge in [-0.2, -0.15) is 5.10 Å². The van der Waals surface area contributed by atoms with Gasteiger partial charge in [0.2, 0.25) is 0 Å². The number of hydrogen-bond donors (Lipinski definition) is 1. The summed E-state index contributed by atoms with van der Waals surface area (Å²) < 4.78 is 5.07. The largest absolute Gasteiger partial charge is 0.469 e. The maximum Gasteiger partial charge on any atom is 0.274 e. The van der Waals surface area contributed by atoms with Gasteiger partial charge in [0.25, 0.3) is 5.91 Å². The average molecular weight is 256 g/mol. The zero-order valence-electron chi connectivity index (χ0n) is 11.0. The molecule has 2 aromatic rings. The van der Waals surface area contributed by atoms with Gasteiger partial charge in [0.15, 0.2) is 0 Å². The molecule has 1 aromatic carbocycles. The fourth-order valence-corrected chi connectivity index (χ4v) is 1.73. The van der Waals surface area contributed by atoms with Gasteiger partial charge in [-0.1, -0.05) is 37.3 Å². The molecule has 1 aromatic heterocycles. The van der Waals surface area contributed by atoms with Crippen molar-refractivity contribution in [1.82, 2.24) is 5.43 Å². The normalized spacial score (nSPS) is 12.5. The summed E-state index contributed by atoms with van der Waals surface area (Å²) in [5.74, 6) is 0.471. The first kappa shape index (κ1) is 13.1. The first-order valence-corrected chi connectivity index (χ1v) is 6.11. The molecule has 0 spiro atoms. The number of carbonyl (C=O) groups is 1. The van der Waals surface area contributed by atoms with Crippen LogP contribution in [-0.4, -0.2) is 12.1 Å². The first-order chi connectivity index (χ1) is 9.18. The Hall–Kier alpha value is -2.36. The molecule has 0 saturated heterocycles. The van der Waals surface area contributed by atoms with Crippen molar-refractivity contribution in [1.29, 1.82) is 0 Å². The van der Waals surface area contributed by atoms with E-state index in [0.717, 1.165) is 5.56 Å². The van der Waals surface area contributed by atoms with Crippen LogP contribution < -0.4 is 5.43 Å². The number of furan rings is 1. The van der Waals surface area contributed by atoms with Gasteiger partial charge in [-0.3, -0.25) is 4.79 Å². The quantitative estimate of drug-likeness (QED) is 0.675. The standard InChI is InChI=1S/C15H16N2O2/c1-11(13-6-4-3-5-7-13)10-16-17-15(18)14-8-9-19-12(14)2/h3-11H,1-2H3,(H,17,18)/b16-10-/t11-/m0/s1. The van der Waals surface area contributed by atoms with Gasteiger partial charge in [0.1, 0.15) is 5.76 Å². The smallest absolute Gasteiger partial charge is 0.274 e. The van der Waals surface area contributed by atoms with Crippen LogP contribution >= 0.6 is 0 Å². The summed E-state index contributed by atoms with van der Waals surface area (Å²) in [6.45, 7) is 3.76. The minimum Gasteiger partial charge on any atom is -0.469 e. The third-order valence-corrected chi connectivity index (χ3v) is 2.89. The molecule has 0 aliphatic carbocycles. The zero-order valence-corrected chi connectivity index (χ0v) is 11.0. The monoisotopic (exact) mass is 256 g/mol. The summed E-state index contributed by atoms with van der Waals surface area (Å²) in [5, 5.41) is 3.98. The second kappa shape index (κ2) is 6.00. The highest BCUT2D eigenvalue weighted by molar-refractivity contribution is 5.95. The molecular weight excluding hydrogens is 240 g/mol. The van der Waals surface area contributed by atoms with Crippen molar-refractivity contribution in [2.75, 3.05) is 0 Å². The minimum atomic E-state index is -0.261. The molecule has 1 atom stereocenters.